The van der Waals surface area contributed by atoms with Gasteiger partial charge in [-0.05, 0) is 130 Å². The highest BCUT2D eigenvalue weighted by molar-refractivity contribution is 7.25. The molecule has 2 saturated carbocycles. The van der Waals surface area contributed by atoms with E-state index in [0.717, 1.165) is 67.1 Å². The van der Waals surface area contributed by atoms with Gasteiger partial charge < -0.3 is 0 Å². The average molecular weight is 793 g/mol. The van der Waals surface area contributed by atoms with Crippen LogP contribution in [0.1, 0.15) is 57.1 Å². The molecule has 0 aliphatic heterocycles. The fourth-order valence-corrected chi connectivity index (χ4v) is 12.1. The van der Waals surface area contributed by atoms with Crippen LogP contribution >= 0.6 is 11.3 Å². The van der Waals surface area contributed by atoms with Crippen molar-refractivity contribution in [2.75, 3.05) is 0 Å². The number of nitriles is 1. The summed E-state index contributed by atoms with van der Waals surface area (Å²) in [4.78, 5) is 15.8. The van der Waals surface area contributed by atoms with Gasteiger partial charge in [0.25, 0.3) is 0 Å². The first-order valence-corrected chi connectivity index (χ1v) is 22.1. The number of benzene rings is 7. The van der Waals surface area contributed by atoms with Crippen LogP contribution in [0.2, 0.25) is 0 Å². The predicted octanol–water partition coefficient (Wildman–Crippen LogP) is 14.7. The van der Waals surface area contributed by atoms with Crippen molar-refractivity contribution in [3.8, 4) is 62.5 Å². The van der Waals surface area contributed by atoms with Crippen molar-refractivity contribution in [2.24, 2.45) is 17.8 Å². The van der Waals surface area contributed by atoms with E-state index in [0.29, 0.717) is 23.0 Å². The van der Waals surface area contributed by atoms with Crippen LogP contribution < -0.4 is 0 Å². The van der Waals surface area contributed by atoms with E-state index in [9.17, 15) is 5.26 Å². The van der Waals surface area contributed by atoms with Crippen molar-refractivity contribution in [2.45, 2.75) is 51.4 Å². The number of aromatic nitrogens is 3. The maximum atomic E-state index is 9.63. The van der Waals surface area contributed by atoms with Crippen LogP contribution in [0.25, 0.3) is 87.4 Å². The molecule has 0 spiro atoms. The van der Waals surface area contributed by atoms with E-state index in [2.05, 4.69) is 159 Å². The Balaban J connectivity index is 1.04. The molecule has 1 unspecified atom stereocenters. The molecule has 2 aliphatic rings. The molecule has 5 heteroatoms. The highest BCUT2D eigenvalue weighted by Crippen LogP contribution is 2.54. The molecule has 11 rings (SSSR count). The van der Waals surface area contributed by atoms with Gasteiger partial charge >= 0.3 is 0 Å². The summed E-state index contributed by atoms with van der Waals surface area (Å²) in [5.74, 6) is 4.31. The number of thiophene rings is 1. The fraction of sp³-hybridized carbons (Fsp3) is 0.200. The van der Waals surface area contributed by atoms with E-state index in [4.69, 9.17) is 15.0 Å². The highest BCUT2D eigenvalue weighted by atomic mass is 32.1. The van der Waals surface area contributed by atoms with Crippen molar-refractivity contribution < 1.29 is 0 Å². The van der Waals surface area contributed by atoms with E-state index in [-0.39, 0.29) is 5.41 Å². The summed E-state index contributed by atoms with van der Waals surface area (Å²) >= 11 is 1.76. The van der Waals surface area contributed by atoms with Gasteiger partial charge in [0.2, 0.25) is 0 Å². The molecule has 4 atom stereocenters. The summed E-state index contributed by atoms with van der Waals surface area (Å²) in [5, 5.41) is 14.2. The van der Waals surface area contributed by atoms with Gasteiger partial charge in [-0.1, -0.05) is 129 Å². The van der Waals surface area contributed by atoms with Crippen molar-refractivity contribution in [1.82, 2.24) is 15.0 Å². The lowest BCUT2D eigenvalue weighted by Gasteiger charge is -2.50. The monoisotopic (exact) mass is 792 g/mol. The molecule has 0 saturated heterocycles. The van der Waals surface area contributed by atoms with E-state index >= 15 is 0 Å². The Labute approximate surface area is 355 Å². The third-order valence-corrected chi connectivity index (χ3v) is 14.5. The lowest BCUT2D eigenvalue weighted by Crippen LogP contribution is -2.42. The normalized spacial score (nSPS) is 20.1. The fourth-order valence-electron chi connectivity index (χ4n) is 11.0. The number of hydrogen-bond donors (Lipinski definition) is 0. The van der Waals surface area contributed by atoms with Crippen molar-refractivity contribution >= 4 is 42.3 Å². The van der Waals surface area contributed by atoms with Crippen molar-refractivity contribution in [3.05, 3.63) is 163 Å². The van der Waals surface area contributed by atoms with Gasteiger partial charge in [-0.2, -0.15) is 5.26 Å². The molecule has 2 fully saturated rings. The summed E-state index contributed by atoms with van der Waals surface area (Å²) in [5.41, 5.74) is 9.85. The van der Waals surface area contributed by atoms with Crippen LogP contribution in [0.3, 0.4) is 0 Å². The average Bonchev–Trinajstić information content (AvgIpc) is 3.65. The molecule has 9 aromatic rings. The first-order valence-electron chi connectivity index (χ1n) is 21.3. The second-order valence-corrected chi connectivity index (χ2v) is 18.7. The minimum absolute atomic E-state index is 0.254. The molecule has 2 aliphatic carbocycles. The third-order valence-electron chi connectivity index (χ3n) is 13.3. The lowest BCUT2D eigenvalue weighted by molar-refractivity contribution is 0.0780. The Morgan fingerprint density at radius 1 is 0.500 bits per heavy atom. The van der Waals surface area contributed by atoms with Crippen molar-refractivity contribution in [3.63, 3.8) is 0 Å². The second kappa shape index (κ2) is 14.7. The zero-order chi connectivity index (χ0) is 40.4. The standard InChI is InChI=1S/C55H44N4S/c1-34-25-37-26-35(2)31-55(30-34,32-37)43-21-18-39(19-22-43)52-57-53(59-54(58-52)47-16-8-14-45-44(13-7-15-46(45)47)38-9-4-3-5-10-38)42-12-6-11-40(28-42)41-20-24-51-49(29-41)48-27-36(33-56)17-23-50(48)60-51/h3-24,27-29,34-35,37H,25-26,30-32H2,1-2H3/t34-,35+,37-,55?. The van der Waals surface area contributed by atoms with Gasteiger partial charge in [-0.25, -0.2) is 15.0 Å². The molecule has 2 aromatic heterocycles. The second-order valence-electron chi connectivity index (χ2n) is 17.6. The predicted molar refractivity (Wildman–Crippen MR) is 249 cm³/mol. The first-order chi connectivity index (χ1) is 29.4. The van der Waals surface area contributed by atoms with E-state index in [1.807, 2.05) is 12.1 Å². The molecule has 4 nitrogen and oxygen atoms in total. The van der Waals surface area contributed by atoms with Gasteiger partial charge in [0.1, 0.15) is 0 Å². The maximum absolute atomic E-state index is 9.63. The van der Waals surface area contributed by atoms with E-state index in [1.54, 1.807) is 11.3 Å². The maximum Gasteiger partial charge on any atom is 0.164 e. The van der Waals surface area contributed by atoms with Gasteiger partial charge in [0.15, 0.2) is 17.5 Å². The smallest absolute Gasteiger partial charge is 0.164 e. The zero-order valence-electron chi connectivity index (χ0n) is 33.9. The Hall–Kier alpha value is -6.48. The molecule has 7 aromatic carbocycles. The van der Waals surface area contributed by atoms with Gasteiger partial charge in [-0.15, -0.1) is 11.3 Å². The van der Waals surface area contributed by atoms with Crippen LogP contribution in [0.4, 0.5) is 0 Å². The highest BCUT2D eigenvalue weighted by Gasteiger charge is 2.45. The minimum Gasteiger partial charge on any atom is -0.208 e. The minimum atomic E-state index is 0.254. The third kappa shape index (κ3) is 6.47. The Bertz CT molecular complexity index is 3120. The van der Waals surface area contributed by atoms with Crippen molar-refractivity contribution in [1.29, 1.82) is 5.26 Å². The van der Waals surface area contributed by atoms with Crippen LogP contribution in [0.5, 0.6) is 0 Å². The number of hydrogen-bond acceptors (Lipinski definition) is 5. The summed E-state index contributed by atoms with van der Waals surface area (Å²) in [7, 11) is 0. The quantitative estimate of drug-likeness (QED) is 0.168. The van der Waals surface area contributed by atoms with Crippen LogP contribution in [-0.4, -0.2) is 15.0 Å². The molecule has 0 radical (unpaired) electrons. The summed E-state index contributed by atoms with van der Waals surface area (Å²) < 4.78 is 2.39. The molecule has 0 amide bonds. The van der Waals surface area contributed by atoms with Gasteiger partial charge in [0, 0.05) is 36.9 Å². The number of fused-ring (bicyclic) bond motifs is 6. The molecule has 290 valence electrons. The number of rotatable bonds is 6. The topological polar surface area (TPSA) is 62.5 Å². The summed E-state index contributed by atoms with van der Waals surface area (Å²) in [6, 6.07) is 56.3. The summed E-state index contributed by atoms with van der Waals surface area (Å²) in [6.45, 7) is 4.91. The Kier molecular flexibility index (Phi) is 8.94. The summed E-state index contributed by atoms with van der Waals surface area (Å²) in [6.07, 6.45) is 6.58. The SMILES string of the molecule is C[C@@H]1C[C@@H]2C[C@H](C)CC(c3ccc(-c4nc(-c5cccc(-c6ccc7sc8ccc(C#N)cc8c7c6)c5)nc(-c5cccc6c(-c7ccccc7)cccc56)n4)cc3)(C1)C2. The Morgan fingerprint density at radius 2 is 1.08 bits per heavy atom. The van der Waals surface area contributed by atoms with Gasteiger partial charge in [0.05, 0.1) is 11.6 Å². The lowest BCUT2D eigenvalue weighted by atomic mass is 9.54. The zero-order valence-corrected chi connectivity index (χ0v) is 34.7. The molecule has 2 bridgehead atoms. The van der Waals surface area contributed by atoms with Crippen LogP contribution in [-0.2, 0) is 5.41 Å². The van der Waals surface area contributed by atoms with Crippen LogP contribution in [0.15, 0.2) is 152 Å². The molecular weight excluding hydrogens is 749 g/mol. The number of nitrogens with zero attached hydrogens (tertiary/aromatic N) is 4. The Morgan fingerprint density at radius 3 is 1.83 bits per heavy atom. The van der Waals surface area contributed by atoms with Crippen LogP contribution in [0, 0.1) is 29.1 Å². The molecule has 60 heavy (non-hydrogen) atoms. The largest absolute Gasteiger partial charge is 0.208 e. The molecule has 0 N–H and O–H groups in total. The van der Waals surface area contributed by atoms with E-state index in [1.165, 1.54) is 58.2 Å². The van der Waals surface area contributed by atoms with Gasteiger partial charge in [-0.3, -0.25) is 0 Å². The molecule has 2 heterocycles. The van der Waals surface area contributed by atoms with E-state index < -0.39 is 0 Å². The molecular formula is C55H44N4S. The first kappa shape index (κ1) is 36.6.